The predicted octanol–water partition coefficient (Wildman–Crippen LogP) is 2.90. The van der Waals surface area contributed by atoms with Crippen molar-refractivity contribution in [2.24, 2.45) is 0 Å². The lowest BCUT2D eigenvalue weighted by molar-refractivity contribution is -0.111. The van der Waals surface area contributed by atoms with Gasteiger partial charge in [-0.2, -0.15) is 0 Å². The van der Waals surface area contributed by atoms with E-state index in [2.05, 4.69) is 27.2 Å². The van der Waals surface area contributed by atoms with Crippen LogP contribution in [0.2, 0.25) is 0 Å². The smallest absolute Gasteiger partial charge is 0.247 e. The maximum atomic E-state index is 11.5. The molecule has 3 N–H and O–H groups in total. The van der Waals surface area contributed by atoms with Crippen LogP contribution in [0.1, 0.15) is 11.6 Å². The molecule has 1 amide bonds. The third-order valence-corrected chi connectivity index (χ3v) is 3.78. The number of aliphatic hydroxyl groups excluding tert-OH is 1. The maximum absolute atomic E-state index is 11.5. The van der Waals surface area contributed by atoms with Crippen molar-refractivity contribution in [1.82, 2.24) is 9.97 Å². The lowest BCUT2D eigenvalue weighted by atomic mass is 10.1. The van der Waals surface area contributed by atoms with Gasteiger partial charge in [-0.1, -0.05) is 36.9 Å². The molecule has 0 spiro atoms. The number of aromatic nitrogens is 2. The van der Waals surface area contributed by atoms with E-state index in [0.717, 1.165) is 16.5 Å². The summed E-state index contributed by atoms with van der Waals surface area (Å²) in [6.45, 7) is 3.36. The van der Waals surface area contributed by atoms with Crippen LogP contribution < -0.4 is 10.6 Å². The van der Waals surface area contributed by atoms with Gasteiger partial charge in [0.05, 0.1) is 18.2 Å². The third-order valence-electron chi connectivity index (χ3n) is 3.78. The van der Waals surface area contributed by atoms with Gasteiger partial charge in [-0.15, -0.1) is 0 Å². The van der Waals surface area contributed by atoms with Gasteiger partial charge in [0.15, 0.2) is 0 Å². The Balaban J connectivity index is 1.96. The second-order valence-corrected chi connectivity index (χ2v) is 5.44. The Bertz CT molecular complexity index is 896. The summed E-state index contributed by atoms with van der Waals surface area (Å²) in [4.78, 5) is 20.0. The first-order chi connectivity index (χ1) is 12.2. The van der Waals surface area contributed by atoms with Gasteiger partial charge in [0, 0.05) is 11.1 Å². The molecule has 0 aliphatic carbocycles. The van der Waals surface area contributed by atoms with Crippen molar-refractivity contribution in [2.45, 2.75) is 6.04 Å². The number of nitrogens with one attached hydrogen (secondary N) is 2. The van der Waals surface area contributed by atoms with E-state index in [1.165, 1.54) is 12.4 Å². The summed E-state index contributed by atoms with van der Waals surface area (Å²) in [6.07, 6.45) is 2.67. The molecule has 0 bridgehead atoms. The van der Waals surface area contributed by atoms with E-state index in [9.17, 15) is 9.90 Å². The Labute approximate surface area is 145 Å². The van der Waals surface area contributed by atoms with Crippen LogP contribution in [-0.4, -0.2) is 27.6 Å². The summed E-state index contributed by atoms with van der Waals surface area (Å²) in [6, 6.07) is 14.7. The normalized spacial score (nSPS) is 11.7. The predicted molar refractivity (Wildman–Crippen MR) is 98.3 cm³/mol. The number of aliphatic hydroxyl groups is 1. The van der Waals surface area contributed by atoms with E-state index in [0.29, 0.717) is 11.5 Å². The Hall–Kier alpha value is -3.25. The number of fused-ring (bicyclic) bond motifs is 1. The fourth-order valence-corrected chi connectivity index (χ4v) is 2.53. The molecule has 1 unspecified atom stereocenters. The van der Waals surface area contributed by atoms with Gasteiger partial charge in [0.25, 0.3) is 0 Å². The van der Waals surface area contributed by atoms with Crippen molar-refractivity contribution in [3.8, 4) is 0 Å². The number of carbonyl (C=O) groups is 1. The lowest BCUT2D eigenvalue weighted by Crippen LogP contribution is -2.16. The molecule has 2 aromatic carbocycles. The molecule has 0 aliphatic rings. The fraction of sp³-hybridized carbons (Fsp3) is 0.105. The average molecular weight is 334 g/mol. The minimum atomic E-state index is -0.300. The summed E-state index contributed by atoms with van der Waals surface area (Å²) in [5.74, 6) is 0.297. The summed E-state index contributed by atoms with van der Waals surface area (Å²) in [5, 5.41) is 16.5. The first-order valence-corrected chi connectivity index (χ1v) is 7.82. The highest BCUT2D eigenvalue weighted by atomic mass is 16.3. The van der Waals surface area contributed by atoms with E-state index >= 15 is 0 Å². The van der Waals surface area contributed by atoms with Gasteiger partial charge < -0.3 is 15.7 Å². The SMILES string of the molecule is C=CC(=O)Nc1ccc2ncnc(NC(CO)c3ccccc3)c2c1. The summed E-state index contributed by atoms with van der Waals surface area (Å²) < 4.78 is 0. The Morgan fingerprint density at radius 2 is 2.00 bits per heavy atom. The molecule has 3 aromatic rings. The monoisotopic (exact) mass is 334 g/mol. The van der Waals surface area contributed by atoms with Crippen LogP contribution in [0.5, 0.6) is 0 Å². The Kier molecular flexibility index (Phi) is 5.01. The molecule has 25 heavy (non-hydrogen) atoms. The van der Waals surface area contributed by atoms with E-state index in [1.807, 2.05) is 30.3 Å². The first-order valence-electron chi connectivity index (χ1n) is 7.82. The van der Waals surface area contributed by atoms with Gasteiger partial charge in [-0.05, 0) is 29.8 Å². The van der Waals surface area contributed by atoms with Crippen LogP contribution in [-0.2, 0) is 4.79 Å². The first kappa shape index (κ1) is 16.6. The molecule has 0 saturated carbocycles. The van der Waals surface area contributed by atoms with Crippen molar-refractivity contribution in [3.05, 3.63) is 73.1 Å². The van der Waals surface area contributed by atoms with E-state index in [-0.39, 0.29) is 18.6 Å². The van der Waals surface area contributed by atoms with Crippen molar-refractivity contribution >= 4 is 28.3 Å². The Morgan fingerprint density at radius 1 is 1.20 bits per heavy atom. The summed E-state index contributed by atoms with van der Waals surface area (Å²) >= 11 is 0. The van der Waals surface area contributed by atoms with Crippen LogP contribution in [0.15, 0.2) is 67.5 Å². The molecule has 0 radical (unpaired) electrons. The number of anilines is 2. The molecular weight excluding hydrogens is 316 g/mol. The second kappa shape index (κ2) is 7.55. The number of hydrogen-bond donors (Lipinski definition) is 3. The summed E-state index contributed by atoms with van der Waals surface area (Å²) in [7, 11) is 0. The van der Waals surface area contributed by atoms with E-state index in [4.69, 9.17) is 0 Å². The molecule has 6 heteroatoms. The molecule has 1 atom stereocenters. The van der Waals surface area contributed by atoms with Crippen LogP contribution in [0.4, 0.5) is 11.5 Å². The highest BCUT2D eigenvalue weighted by molar-refractivity contribution is 6.01. The van der Waals surface area contributed by atoms with Crippen LogP contribution >= 0.6 is 0 Å². The highest BCUT2D eigenvalue weighted by Crippen LogP contribution is 2.26. The van der Waals surface area contributed by atoms with Crippen LogP contribution in [0, 0.1) is 0 Å². The van der Waals surface area contributed by atoms with Crippen LogP contribution in [0.3, 0.4) is 0 Å². The van der Waals surface area contributed by atoms with Crippen molar-refractivity contribution in [2.75, 3.05) is 17.2 Å². The zero-order valence-corrected chi connectivity index (χ0v) is 13.5. The number of rotatable bonds is 6. The molecule has 1 aromatic heterocycles. The molecule has 3 rings (SSSR count). The molecule has 0 fully saturated rings. The number of benzene rings is 2. The quantitative estimate of drug-likeness (QED) is 0.603. The highest BCUT2D eigenvalue weighted by Gasteiger charge is 2.13. The Morgan fingerprint density at radius 3 is 2.72 bits per heavy atom. The molecular formula is C19H18N4O2. The van der Waals surface area contributed by atoms with Crippen molar-refractivity contribution in [3.63, 3.8) is 0 Å². The third kappa shape index (κ3) is 3.81. The van der Waals surface area contributed by atoms with Gasteiger partial charge in [0.2, 0.25) is 5.91 Å². The van der Waals surface area contributed by atoms with Crippen molar-refractivity contribution < 1.29 is 9.90 Å². The fourth-order valence-electron chi connectivity index (χ4n) is 2.53. The minimum absolute atomic E-state index is 0.0810. The minimum Gasteiger partial charge on any atom is -0.394 e. The van der Waals surface area contributed by atoms with Crippen LogP contribution in [0.25, 0.3) is 10.9 Å². The topological polar surface area (TPSA) is 87.1 Å². The second-order valence-electron chi connectivity index (χ2n) is 5.44. The number of hydrogen-bond acceptors (Lipinski definition) is 5. The largest absolute Gasteiger partial charge is 0.394 e. The van der Waals surface area contributed by atoms with Crippen molar-refractivity contribution in [1.29, 1.82) is 0 Å². The number of carbonyl (C=O) groups excluding carboxylic acids is 1. The number of amides is 1. The molecule has 0 saturated heterocycles. The van der Waals surface area contributed by atoms with Gasteiger partial charge in [-0.25, -0.2) is 9.97 Å². The van der Waals surface area contributed by atoms with Gasteiger partial charge in [-0.3, -0.25) is 4.79 Å². The molecule has 6 nitrogen and oxygen atoms in total. The maximum Gasteiger partial charge on any atom is 0.247 e. The molecule has 1 heterocycles. The summed E-state index contributed by atoms with van der Waals surface area (Å²) in [5.41, 5.74) is 2.31. The number of nitrogens with zero attached hydrogens (tertiary/aromatic N) is 2. The van der Waals surface area contributed by atoms with E-state index < -0.39 is 0 Å². The zero-order valence-electron chi connectivity index (χ0n) is 13.5. The average Bonchev–Trinajstić information content (AvgIpc) is 2.66. The standard InChI is InChI=1S/C19H18N4O2/c1-2-18(25)22-14-8-9-16-15(10-14)19(21-12-20-16)23-17(11-24)13-6-4-3-5-7-13/h2-10,12,17,24H,1,11H2,(H,22,25)(H,20,21,23). The lowest BCUT2D eigenvalue weighted by Gasteiger charge is -2.18. The van der Waals surface area contributed by atoms with E-state index in [1.54, 1.807) is 18.2 Å². The van der Waals surface area contributed by atoms with Gasteiger partial charge in [0.1, 0.15) is 12.1 Å². The molecule has 126 valence electrons. The molecule has 0 aliphatic heterocycles. The zero-order chi connectivity index (χ0) is 17.6. The van der Waals surface area contributed by atoms with Gasteiger partial charge >= 0.3 is 0 Å².